The average molecular weight is 271 g/mol. The summed E-state index contributed by atoms with van der Waals surface area (Å²) in [7, 11) is 1.64. The molecule has 2 rings (SSSR count). The highest BCUT2D eigenvalue weighted by Crippen LogP contribution is 2.15. The van der Waals surface area contributed by atoms with Crippen molar-refractivity contribution in [3.05, 3.63) is 59.7 Å². The van der Waals surface area contributed by atoms with Crippen molar-refractivity contribution in [1.82, 2.24) is 0 Å². The van der Waals surface area contributed by atoms with Crippen molar-refractivity contribution in [1.29, 1.82) is 0 Å². The summed E-state index contributed by atoms with van der Waals surface area (Å²) in [5.41, 5.74) is 6.84. The van der Waals surface area contributed by atoms with E-state index in [1.54, 1.807) is 31.4 Å². The van der Waals surface area contributed by atoms with Crippen LogP contribution in [0.1, 0.15) is 15.9 Å². The molecule has 0 aliphatic carbocycles. The van der Waals surface area contributed by atoms with Gasteiger partial charge in [0.1, 0.15) is 11.5 Å². The van der Waals surface area contributed by atoms with Crippen LogP contribution in [0.3, 0.4) is 0 Å². The average Bonchev–Trinajstić information content (AvgIpc) is 2.48. The second kappa shape index (κ2) is 6.61. The number of benzene rings is 2. The number of methoxy groups -OCH3 is 1. The molecule has 0 spiro atoms. The van der Waals surface area contributed by atoms with Gasteiger partial charge in [0.25, 0.3) is 0 Å². The largest absolute Gasteiger partial charge is 0.497 e. The van der Waals surface area contributed by atoms with Crippen LogP contribution >= 0.6 is 0 Å². The van der Waals surface area contributed by atoms with Gasteiger partial charge in [0, 0.05) is 12.0 Å². The fourth-order valence-corrected chi connectivity index (χ4v) is 1.82. The third-order valence-corrected chi connectivity index (χ3v) is 2.94. The monoisotopic (exact) mass is 271 g/mol. The number of ether oxygens (including phenoxy) is 2. The molecule has 0 aliphatic rings. The third kappa shape index (κ3) is 3.75. The number of carbonyl (C=O) groups excluding carboxylic acids is 1. The zero-order chi connectivity index (χ0) is 14.4. The molecule has 104 valence electrons. The van der Waals surface area contributed by atoms with Crippen LogP contribution in [0.4, 0.5) is 0 Å². The zero-order valence-corrected chi connectivity index (χ0v) is 11.3. The van der Waals surface area contributed by atoms with E-state index in [0.717, 1.165) is 17.7 Å². The van der Waals surface area contributed by atoms with Gasteiger partial charge in [-0.2, -0.15) is 0 Å². The Morgan fingerprint density at radius 1 is 1.10 bits per heavy atom. The number of rotatable bonds is 6. The van der Waals surface area contributed by atoms with E-state index >= 15 is 0 Å². The van der Waals surface area contributed by atoms with E-state index in [1.807, 2.05) is 24.3 Å². The maximum absolute atomic E-state index is 11.1. The van der Waals surface area contributed by atoms with Crippen molar-refractivity contribution < 1.29 is 14.3 Å². The van der Waals surface area contributed by atoms with Crippen LogP contribution in [0.25, 0.3) is 0 Å². The molecular formula is C16H17NO3. The smallest absolute Gasteiger partial charge is 0.248 e. The summed E-state index contributed by atoms with van der Waals surface area (Å²) in [4.78, 5) is 11.1. The van der Waals surface area contributed by atoms with Crippen LogP contribution in [0.2, 0.25) is 0 Å². The molecular weight excluding hydrogens is 254 g/mol. The third-order valence-electron chi connectivity index (χ3n) is 2.94. The quantitative estimate of drug-likeness (QED) is 0.877. The van der Waals surface area contributed by atoms with Crippen LogP contribution in [0.15, 0.2) is 48.5 Å². The maximum Gasteiger partial charge on any atom is 0.248 e. The Balaban J connectivity index is 1.88. The standard InChI is InChI=1S/C16H17NO3/c1-19-14-7-5-12(6-8-14)9-10-20-15-4-2-3-13(11-15)16(17)18/h2-8,11H,9-10H2,1H3,(H2,17,18). The van der Waals surface area contributed by atoms with Gasteiger partial charge in [0.05, 0.1) is 13.7 Å². The van der Waals surface area contributed by atoms with Gasteiger partial charge in [-0.1, -0.05) is 18.2 Å². The first-order valence-corrected chi connectivity index (χ1v) is 6.34. The Hall–Kier alpha value is -2.49. The van der Waals surface area contributed by atoms with Crippen LogP contribution in [-0.4, -0.2) is 19.6 Å². The van der Waals surface area contributed by atoms with Crippen molar-refractivity contribution in [3.63, 3.8) is 0 Å². The lowest BCUT2D eigenvalue weighted by molar-refractivity contribution is 0.1000. The zero-order valence-electron chi connectivity index (χ0n) is 11.3. The number of amides is 1. The first-order chi connectivity index (χ1) is 9.69. The van der Waals surface area contributed by atoms with Gasteiger partial charge < -0.3 is 15.2 Å². The molecule has 1 amide bonds. The first kappa shape index (κ1) is 13.9. The molecule has 20 heavy (non-hydrogen) atoms. The van der Waals surface area contributed by atoms with E-state index in [9.17, 15) is 4.79 Å². The maximum atomic E-state index is 11.1. The summed E-state index contributed by atoms with van der Waals surface area (Å²) < 4.78 is 10.7. The summed E-state index contributed by atoms with van der Waals surface area (Å²) in [6.45, 7) is 0.536. The minimum atomic E-state index is -0.453. The second-order valence-electron chi connectivity index (χ2n) is 4.34. The van der Waals surface area contributed by atoms with Gasteiger partial charge in [-0.25, -0.2) is 0 Å². The molecule has 4 heteroatoms. The molecule has 0 aliphatic heterocycles. The minimum absolute atomic E-state index is 0.451. The molecule has 0 saturated heterocycles. The van der Waals surface area contributed by atoms with E-state index in [1.165, 1.54) is 0 Å². The lowest BCUT2D eigenvalue weighted by Crippen LogP contribution is -2.11. The molecule has 4 nitrogen and oxygen atoms in total. The summed E-state index contributed by atoms with van der Waals surface area (Å²) >= 11 is 0. The van der Waals surface area contributed by atoms with Crippen LogP contribution < -0.4 is 15.2 Å². The van der Waals surface area contributed by atoms with Crippen molar-refractivity contribution in [2.75, 3.05) is 13.7 Å². The molecule has 0 radical (unpaired) electrons. The highest BCUT2D eigenvalue weighted by Gasteiger charge is 2.02. The van der Waals surface area contributed by atoms with Crippen LogP contribution in [-0.2, 0) is 6.42 Å². The molecule has 0 aromatic heterocycles. The topological polar surface area (TPSA) is 61.6 Å². The first-order valence-electron chi connectivity index (χ1n) is 6.34. The lowest BCUT2D eigenvalue weighted by Gasteiger charge is -2.07. The normalized spacial score (nSPS) is 10.1. The molecule has 0 heterocycles. The Labute approximate surface area is 118 Å². The van der Waals surface area contributed by atoms with E-state index in [2.05, 4.69) is 0 Å². The fraction of sp³-hybridized carbons (Fsp3) is 0.188. The number of carbonyl (C=O) groups is 1. The van der Waals surface area contributed by atoms with Crippen LogP contribution in [0, 0.1) is 0 Å². The molecule has 2 aromatic carbocycles. The molecule has 2 N–H and O–H groups in total. The Kier molecular flexibility index (Phi) is 4.60. The van der Waals surface area contributed by atoms with Gasteiger partial charge in [-0.05, 0) is 35.9 Å². The molecule has 0 bridgehead atoms. The highest BCUT2D eigenvalue weighted by atomic mass is 16.5. The van der Waals surface area contributed by atoms with Crippen LogP contribution in [0.5, 0.6) is 11.5 Å². The molecule has 0 saturated carbocycles. The molecule has 0 atom stereocenters. The summed E-state index contributed by atoms with van der Waals surface area (Å²) in [6.07, 6.45) is 0.783. The minimum Gasteiger partial charge on any atom is -0.497 e. The fourth-order valence-electron chi connectivity index (χ4n) is 1.82. The van der Waals surface area contributed by atoms with Crippen molar-refractivity contribution in [2.45, 2.75) is 6.42 Å². The van der Waals surface area contributed by atoms with Crippen molar-refractivity contribution in [2.24, 2.45) is 5.73 Å². The van der Waals surface area contributed by atoms with E-state index in [-0.39, 0.29) is 0 Å². The summed E-state index contributed by atoms with van der Waals surface area (Å²) in [6, 6.07) is 14.7. The summed E-state index contributed by atoms with van der Waals surface area (Å²) in [5.74, 6) is 1.03. The number of hydrogen-bond donors (Lipinski definition) is 1. The number of nitrogens with two attached hydrogens (primary N) is 1. The highest BCUT2D eigenvalue weighted by molar-refractivity contribution is 5.93. The Morgan fingerprint density at radius 2 is 1.85 bits per heavy atom. The van der Waals surface area contributed by atoms with Gasteiger partial charge in [0.15, 0.2) is 0 Å². The van der Waals surface area contributed by atoms with E-state index in [0.29, 0.717) is 17.9 Å². The summed E-state index contributed by atoms with van der Waals surface area (Å²) in [5, 5.41) is 0. The molecule has 0 fully saturated rings. The van der Waals surface area contributed by atoms with Gasteiger partial charge in [-0.15, -0.1) is 0 Å². The van der Waals surface area contributed by atoms with Crippen molar-refractivity contribution >= 4 is 5.91 Å². The van der Waals surface area contributed by atoms with Gasteiger partial charge >= 0.3 is 0 Å². The van der Waals surface area contributed by atoms with Gasteiger partial charge in [0.2, 0.25) is 5.91 Å². The van der Waals surface area contributed by atoms with E-state index < -0.39 is 5.91 Å². The van der Waals surface area contributed by atoms with Crippen molar-refractivity contribution in [3.8, 4) is 11.5 Å². The molecule has 0 unspecified atom stereocenters. The Morgan fingerprint density at radius 3 is 2.50 bits per heavy atom. The Bertz CT molecular complexity index is 579. The SMILES string of the molecule is COc1ccc(CCOc2cccc(C(N)=O)c2)cc1. The van der Waals surface area contributed by atoms with Gasteiger partial charge in [-0.3, -0.25) is 4.79 Å². The number of primary amides is 1. The molecule has 2 aromatic rings. The predicted octanol–water partition coefficient (Wildman–Crippen LogP) is 2.42. The number of hydrogen-bond acceptors (Lipinski definition) is 3. The second-order valence-corrected chi connectivity index (χ2v) is 4.34. The lowest BCUT2D eigenvalue weighted by atomic mass is 10.1. The van der Waals surface area contributed by atoms with E-state index in [4.69, 9.17) is 15.2 Å². The predicted molar refractivity (Wildman–Crippen MR) is 77.2 cm³/mol.